The Morgan fingerprint density at radius 2 is 2.38 bits per heavy atom. The quantitative estimate of drug-likeness (QED) is 0.742. The zero-order valence-corrected chi connectivity index (χ0v) is 9.22. The first kappa shape index (κ1) is 10.6. The lowest BCUT2D eigenvalue weighted by Gasteiger charge is -2.07. The van der Waals surface area contributed by atoms with Crippen molar-refractivity contribution in [3.8, 4) is 0 Å². The second-order valence-electron chi connectivity index (χ2n) is 3.02. The molecule has 1 rings (SSSR count). The third-order valence-corrected chi connectivity index (χ3v) is 2.63. The van der Waals surface area contributed by atoms with E-state index in [2.05, 4.69) is 27.8 Å². The maximum atomic E-state index is 13.1. The molecule has 0 aliphatic carbocycles. The molecule has 0 amide bonds. The molecule has 1 nitrogen and oxygen atoms in total. The number of nitrogens with zero attached hydrogens (tertiary/aromatic N) is 1. The van der Waals surface area contributed by atoms with E-state index in [-0.39, 0.29) is 5.82 Å². The first-order chi connectivity index (χ1) is 6.24. The van der Waals surface area contributed by atoms with Crippen molar-refractivity contribution in [2.24, 2.45) is 0 Å². The van der Waals surface area contributed by atoms with Crippen molar-refractivity contribution in [1.82, 2.24) is 4.98 Å². The van der Waals surface area contributed by atoms with Crippen molar-refractivity contribution in [2.45, 2.75) is 31.0 Å². The summed E-state index contributed by atoms with van der Waals surface area (Å²) in [5, 5.41) is 0. The summed E-state index contributed by atoms with van der Waals surface area (Å²) in [5.41, 5.74) is 0.554. The van der Waals surface area contributed by atoms with Gasteiger partial charge in [-0.05, 0) is 18.6 Å². The first-order valence-electron chi connectivity index (χ1n) is 4.47. The van der Waals surface area contributed by atoms with Gasteiger partial charge in [-0.25, -0.2) is 4.39 Å². The molecule has 13 heavy (non-hydrogen) atoms. The summed E-state index contributed by atoms with van der Waals surface area (Å²) in [6, 6.07) is 3.07. The van der Waals surface area contributed by atoms with Gasteiger partial charge in [0.1, 0.15) is 5.82 Å². The van der Waals surface area contributed by atoms with E-state index >= 15 is 0 Å². The molecule has 1 aromatic heterocycles. The predicted molar refractivity (Wildman–Crippen MR) is 55.5 cm³/mol. The number of aromatic nitrogens is 1. The molecular formula is C10H13BrFN. The first-order valence-corrected chi connectivity index (χ1v) is 5.39. The fourth-order valence-electron chi connectivity index (χ4n) is 1.19. The summed E-state index contributed by atoms with van der Waals surface area (Å²) in [7, 11) is 0. The highest BCUT2D eigenvalue weighted by Gasteiger charge is 2.08. The van der Waals surface area contributed by atoms with Crippen molar-refractivity contribution in [3.63, 3.8) is 0 Å². The zero-order chi connectivity index (χ0) is 9.68. The molecule has 1 atom stereocenters. The molecule has 0 aliphatic rings. The number of pyridine rings is 1. The van der Waals surface area contributed by atoms with Crippen molar-refractivity contribution < 1.29 is 4.39 Å². The number of hydrogen-bond acceptors (Lipinski definition) is 1. The fourth-order valence-corrected chi connectivity index (χ4v) is 1.96. The van der Waals surface area contributed by atoms with Crippen LogP contribution in [0.5, 0.6) is 0 Å². The van der Waals surface area contributed by atoms with Crippen LogP contribution in [0.25, 0.3) is 0 Å². The average molecular weight is 246 g/mol. The third kappa shape index (κ3) is 3.43. The smallest absolute Gasteiger partial charge is 0.144 e. The van der Waals surface area contributed by atoms with Gasteiger partial charge in [0.05, 0.1) is 5.69 Å². The Morgan fingerprint density at radius 3 is 3.00 bits per heavy atom. The third-order valence-electron chi connectivity index (χ3n) is 1.85. The van der Waals surface area contributed by atoms with E-state index in [0.29, 0.717) is 16.9 Å². The summed E-state index contributed by atoms with van der Waals surface area (Å²) in [6.45, 7) is 2.11. The van der Waals surface area contributed by atoms with E-state index in [0.717, 1.165) is 12.8 Å². The van der Waals surface area contributed by atoms with E-state index in [1.54, 1.807) is 12.3 Å². The lowest BCUT2D eigenvalue weighted by molar-refractivity contribution is 0.590. The minimum atomic E-state index is -0.206. The number of alkyl halides is 1. The zero-order valence-electron chi connectivity index (χ0n) is 7.63. The molecule has 0 bridgehead atoms. The van der Waals surface area contributed by atoms with Gasteiger partial charge in [0.25, 0.3) is 0 Å². The molecule has 0 saturated heterocycles. The summed E-state index contributed by atoms with van der Waals surface area (Å²) < 4.78 is 13.1. The number of halogens is 2. The highest BCUT2D eigenvalue weighted by Crippen LogP contribution is 2.15. The Labute approximate surface area is 86.5 Å². The van der Waals surface area contributed by atoms with Gasteiger partial charge in [-0.2, -0.15) is 0 Å². The van der Waals surface area contributed by atoms with Gasteiger partial charge in [0, 0.05) is 17.4 Å². The number of hydrogen-bond donors (Lipinski definition) is 0. The van der Waals surface area contributed by atoms with Crippen LogP contribution >= 0.6 is 15.9 Å². The fraction of sp³-hybridized carbons (Fsp3) is 0.500. The molecular weight excluding hydrogens is 233 g/mol. The predicted octanol–water partition coefficient (Wildman–Crippen LogP) is 3.33. The van der Waals surface area contributed by atoms with Gasteiger partial charge in [-0.3, -0.25) is 4.98 Å². The van der Waals surface area contributed by atoms with Crippen LogP contribution < -0.4 is 0 Å². The van der Waals surface area contributed by atoms with Crippen LogP contribution in [-0.2, 0) is 6.42 Å². The Bertz CT molecular complexity index is 265. The molecule has 0 aromatic carbocycles. The monoisotopic (exact) mass is 245 g/mol. The van der Waals surface area contributed by atoms with Crippen LogP contribution in [0.4, 0.5) is 4.39 Å². The molecule has 0 radical (unpaired) electrons. The summed E-state index contributed by atoms with van der Waals surface area (Å²) in [4.78, 5) is 4.33. The van der Waals surface area contributed by atoms with Crippen molar-refractivity contribution in [3.05, 3.63) is 29.8 Å². The van der Waals surface area contributed by atoms with Crippen LogP contribution in [0.1, 0.15) is 25.5 Å². The van der Waals surface area contributed by atoms with Crippen molar-refractivity contribution in [2.75, 3.05) is 0 Å². The van der Waals surface area contributed by atoms with Gasteiger partial charge in [-0.1, -0.05) is 29.3 Å². The van der Waals surface area contributed by atoms with E-state index < -0.39 is 0 Å². The Morgan fingerprint density at radius 1 is 1.62 bits per heavy atom. The van der Waals surface area contributed by atoms with Crippen molar-refractivity contribution in [1.29, 1.82) is 0 Å². The summed E-state index contributed by atoms with van der Waals surface area (Å²) in [5.74, 6) is -0.206. The van der Waals surface area contributed by atoms with Gasteiger partial charge in [0.15, 0.2) is 0 Å². The van der Waals surface area contributed by atoms with E-state index in [1.165, 1.54) is 6.07 Å². The highest BCUT2D eigenvalue weighted by atomic mass is 79.9. The van der Waals surface area contributed by atoms with E-state index in [9.17, 15) is 4.39 Å². The molecule has 72 valence electrons. The second-order valence-corrected chi connectivity index (χ2v) is 4.32. The minimum absolute atomic E-state index is 0.206. The van der Waals surface area contributed by atoms with Gasteiger partial charge in [-0.15, -0.1) is 0 Å². The summed E-state index contributed by atoms with van der Waals surface area (Å²) >= 11 is 3.50. The van der Waals surface area contributed by atoms with Crippen LogP contribution in [0.2, 0.25) is 0 Å². The highest BCUT2D eigenvalue weighted by molar-refractivity contribution is 9.09. The normalized spacial score (nSPS) is 12.8. The molecule has 0 spiro atoms. The lowest BCUT2D eigenvalue weighted by atomic mass is 10.1. The molecule has 1 unspecified atom stereocenters. The minimum Gasteiger partial charge on any atom is -0.258 e. The van der Waals surface area contributed by atoms with Crippen LogP contribution in [-0.4, -0.2) is 9.81 Å². The second kappa shape index (κ2) is 5.32. The van der Waals surface area contributed by atoms with Crippen LogP contribution in [0.3, 0.4) is 0 Å². The summed E-state index contributed by atoms with van der Waals surface area (Å²) in [6.07, 6.45) is 4.45. The van der Waals surface area contributed by atoms with Gasteiger partial charge < -0.3 is 0 Å². The number of rotatable bonds is 4. The lowest BCUT2D eigenvalue weighted by Crippen LogP contribution is -2.05. The largest absolute Gasteiger partial charge is 0.258 e. The van der Waals surface area contributed by atoms with E-state index in [4.69, 9.17) is 0 Å². The van der Waals surface area contributed by atoms with Gasteiger partial charge in [0.2, 0.25) is 0 Å². The van der Waals surface area contributed by atoms with Crippen LogP contribution in [0.15, 0.2) is 18.3 Å². The topological polar surface area (TPSA) is 12.9 Å². The maximum Gasteiger partial charge on any atom is 0.144 e. The Kier molecular flexibility index (Phi) is 4.36. The average Bonchev–Trinajstić information content (AvgIpc) is 2.09. The van der Waals surface area contributed by atoms with E-state index in [1.807, 2.05) is 0 Å². The van der Waals surface area contributed by atoms with Gasteiger partial charge >= 0.3 is 0 Å². The molecule has 0 aliphatic heterocycles. The van der Waals surface area contributed by atoms with Crippen LogP contribution in [0, 0.1) is 5.82 Å². The Hall–Kier alpha value is -0.440. The van der Waals surface area contributed by atoms with Crippen molar-refractivity contribution >= 4 is 15.9 Å². The molecule has 3 heteroatoms. The molecule has 0 N–H and O–H groups in total. The SMILES string of the molecule is CCCC(Br)Cc1ncccc1F. The maximum absolute atomic E-state index is 13.1. The Balaban J connectivity index is 2.58. The molecule has 0 saturated carbocycles. The standard InChI is InChI=1S/C10H13BrFN/c1-2-4-8(11)7-10-9(12)5-3-6-13-10/h3,5-6,8H,2,4,7H2,1H3. The molecule has 1 heterocycles. The molecule has 0 fully saturated rings. The molecule has 1 aromatic rings.